The van der Waals surface area contributed by atoms with Gasteiger partial charge >= 0.3 is 0 Å². The summed E-state index contributed by atoms with van der Waals surface area (Å²) in [6, 6.07) is 0. The van der Waals surface area contributed by atoms with Gasteiger partial charge in [0.15, 0.2) is 0 Å². The molecule has 2 N–H and O–H groups in total. The van der Waals surface area contributed by atoms with Crippen molar-refractivity contribution < 1.29 is 9.53 Å². The zero-order chi connectivity index (χ0) is 13.2. The quantitative estimate of drug-likeness (QED) is 0.651. The smallest absolute Gasteiger partial charge is 0.290 e. The lowest BCUT2D eigenvalue weighted by atomic mass is 10.3. The minimum absolute atomic E-state index is 0.216. The van der Waals surface area contributed by atoms with Gasteiger partial charge in [-0.25, -0.2) is 4.98 Å². The number of H-pyrrole nitrogens is 1. The molecule has 0 aliphatic carbocycles. The molecule has 6 heteroatoms. The first kappa shape index (κ1) is 14.6. The van der Waals surface area contributed by atoms with Gasteiger partial charge in [0.1, 0.15) is 5.82 Å². The Morgan fingerprint density at radius 3 is 2.89 bits per heavy atom. The van der Waals surface area contributed by atoms with E-state index >= 15 is 0 Å². The Morgan fingerprint density at radius 2 is 2.17 bits per heavy atom. The van der Waals surface area contributed by atoms with Gasteiger partial charge in [0, 0.05) is 26.2 Å². The lowest BCUT2D eigenvalue weighted by molar-refractivity contribution is 0.0931. The van der Waals surface area contributed by atoms with Gasteiger partial charge in [-0.3, -0.25) is 9.89 Å². The number of amides is 1. The minimum atomic E-state index is -0.232. The molecule has 0 atom stereocenters. The van der Waals surface area contributed by atoms with Crippen LogP contribution < -0.4 is 5.32 Å². The van der Waals surface area contributed by atoms with Gasteiger partial charge in [0.2, 0.25) is 5.82 Å². The van der Waals surface area contributed by atoms with Crippen LogP contribution >= 0.6 is 0 Å². The monoisotopic (exact) mass is 254 g/mol. The number of aryl methyl sites for hydroxylation is 1. The van der Waals surface area contributed by atoms with Gasteiger partial charge in [-0.15, -0.1) is 5.10 Å². The molecule has 0 aliphatic rings. The van der Waals surface area contributed by atoms with Crippen LogP contribution in [0, 0.1) is 0 Å². The third-order valence-electron chi connectivity index (χ3n) is 2.32. The second-order valence-corrected chi connectivity index (χ2v) is 4.08. The number of aromatic nitrogens is 3. The fourth-order valence-electron chi connectivity index (χ4n) is 1.45. The molecule has 0 spiro atoms. The van der Waals surface area contributed by atoms with Crippen LogP contribution in [0.15, 0.2) is 0 Å². The summed E-state index contributed by atoms with van der Waals surface area (Å²) in [5.41, 5.74) is 0. The molecule has 0 unspecified atom stereocenters. The molecule has 1 aromatic heterocycles. The lowest BCUT2D eigenvalue weighted by Gasteiger charge is -2.03. The summed E-state index contributed by atoms with van der Waals surface area (Å²) in [4.78, 5) is 15.8. The highest BCUT2D eigenvalue weighted by Gasteiger charge is 2.10. The van der Waals surface area contributed by atoms with Crippen LogP contribution in [-0.4, -0.2) is 40.8 Å². The van der Waals surface area contributed by atoms with Crippen LogP contribution in [0.3, 0.4) is 0 Å². The van der Waals surface area contributed by atoms with Crippen molar-refractivity contribution in [3.05, 3.63) is 11.6 Å². The molecular weight excluding hydrogens is 232 g/mol. The van der Waals surface area contributed by atoms with Gasteiger partial charge in [-0.1, -0.05) is 13.8 Å². The van der Waals surface area contributed by atoms with E-state index < -0.39 is 0 Å². The molecule has 1 aromatic rings. The van der Waals surface area contributed by atoms with Crippen molar-refractivity contribution in [3.8, 4) is 0 Å². The number of carbonyl (C=O) groups excluding carboxylic acids is 1. The van der Waals surface area contributed by atoms with Gasteiger partial charge in [-0.2, -0.15) is 0 Å². The van der Waals surface area contributed by atoms with Crippen molar-refractivity contribution in [2.75, 3.05) is 19.8 Å². The zero-order valence-corrected chi connectivity index (χ0v) is 11.2. The van der Waals surface area contributed by atoms with Gasteiger partial charge in [-0.05, 0) is 19.3 Å². The number of aromatic amines is 1. The van der Waals surface area contributed by atoms with Crippen LogP contribution in [0.4, 0.5) is 0 Å². The summed E-state index contributed by atoms with van der Waals surface area (Å²) in [7, 11) is 0. The van der Waals surface area contributed by atoms with Crippen LogP contribution in [0.5, 0.6) is 0 Å². The van der Waals surface area contributed by atoms with E-state index in [1.807, 2.05) is 0 Å². The molecule has 1 amide bonds. The Kier molecular flexibility index (Phi) is 7.01. The third kappa shape index (κ3) is 5.27. The maximum Gasteiger partial charge on any atom is 0.290 e. The highest BCUT2D eigenvalue weighted by atomic mass is 16.5. The topological polar surface area (TPSA) is 79.9 Å². The van der Waals surface area contributed by atoms with Crippen molar-refractivity contribution in [1.82, 2.24) is 20.5 Å². The second kappa shape index (κ2) is 8.63. The number of carbonyl (C=O) groups is 1. The number of nitrogens with zero attached hydrogens (tertiary/aromatic N) is 2. The predicted molar refractivity (Wildman–Crippen MR) is 68.4 cm³/mol. The van der Waals surface area contributed by atoms with E-state index in [2.05, 4.69) is 34.3 Å². The van der Waals surface area contributed by atoms with E-state index in [0.717, 1.165) is 38.1 Å². The third-order valence-corrected chi connectivity index (χ3v) is 2.32. The first-order valence-corrected chi connectivity index (χ1v) is 6.55. The van der Waals surface area contributed by atoms with Crippen molar-refractivity contribution in [2.24, 2.45) is 0 Å². The fraction of sp³-hybridized carbons (Fsp3) is 0.750. The largest absolute Gasteiger partial charge is 0.381 e. The second-order valence-electron chi connectivity index (χ2n) is 4.08. The molecule has 0 saturated carbocycles. The summed E-state index contributed by atoms with van der Waals surface area (Å²) < 4.78 is 5.32. The highest BCUT2D eigenvalue weighted by molar-refractivity contribution is 5.90. The number of ether oxygens (including phenoxy) is 1. The SMILES string of the molecule is CCCOCCCNC(=O)c1n[nH]c(CCC)n1. The van der Waals surface area contributed by atoms with Crippen molar-refractivity contribution in [1.29, 1.82) is 0 Å². The molecule has 0 aromatic carbocycles. The van der Waals surface area contributed by atoms with E-state index in [1.54, 1.807) is 0 Å². The fourth-order valence-corrected chi connectivity index (χ4v) is 1.45. The molecule has 0 bridgehead atoms. The van der Waals surface area contributed by atoms with Gasteiger partial charge in [0.25, 0.3) is 5.91 Å². The van der Waals surface area contributed by atoms with E-state index in [-0.39, 0.29) is 11.7 Å². The Morgan fingerprint density at radius 1 is 1.33 bits per heavy atom. The van der Waals surface area contributed by atoms with Gasteiger partial charge in [0.05, 0.1) is 0 Å². The van der Waals surface area contributed by atoms with E-state index in [1.165, 1.54) is 0 Å². The first-order chi connectivity index (χ1) is 8.77. The normalized spacial score (nSPS) is 10.6. The maximum atomic E-state index is 11.7. The summed E-state index contributed by atoms with van der Waals surface area (Å²) in [5.74, 6) is 0.742. The summed E-state index contributed by atoms with van der Waals surface area (Å²) >= 11 is 0. The zero-order valence-electron chi connectivity index (χ0n) is 11.2. The van der Waals surface area contributed by atoms with E-state index in [4.69, 9.17) is 4.74 Å². The summed E-state index contributed by atoms with van der Waals surface area (Å²) in [6.07, 6.45) is 3.61. The van der Waals surface area contributed by atoms with Crippen LogP contribution in [0.1, 0.15) is 49.6 Å². The molecular formula is C12H22N4O2. The number of rotatable bonds is 9. The molecule has 102 valence electrons. The molecule has 0 radical (unpaired) electrons. The molecule has 1 rings (SSSR count). The standard InChI is InChI=1S/C12H22N4O2/c1-3-6-10-14-11(16-15-10)12(17)13-7-5-9-18-8-4-2/h3-9H2,1-2H3,(H,13,17)(H,14,15,16). The Bertz CT molecular complexity index is 352. The van der Waals surface area contributed by atoms with Crippen molar-refractivity contribution in [3.63, 3.8) is 0 Å². The number of hydrogen-bond acceptors (Lipinski definition) is 4. The summed E-state index contributed by atoms with van der Waals surface area (Å²) in [5, 5.41) is 9.41. The maximum absolute atomic E-state index is 11.7. The van der Waals surface area contributed by atoms with Crippen LogP contribution in [-0.2, 0) is 11.2 Å². The van der Waals surface area contributed by atoms with E-state index in [0.29, 0.717) is 13.2 Å². The molecule has 0 saturated heterocycles. The Labute approximate surface area is 108 Å². The average Bonchev–Trinajstić information content (AvgIpc) is 2.82. The molecule has 1 heterocycles. The molecule has 18 heavy (non-hydrogen) atoms. The number of hydrogen-bond donors (Lipinski definition) is 2. The molecule has 0 fully saturated rings. The molecule has 0 aliphatic heterocycles. The highest BCUT2D eigenvalue weighted by Crippen LogP contribution is 1.96. The Balaban J connectivity index is 2.19. The van der Waals surface area contributed by atoms with Crippen LogP contribution in [0.25, 0.3) is 0 Å². The van der Waals surface area contributed by atoms with Gasteiger partial charge < -0.3 is 10.1 Å². The van der Waals surface area contributed by atoms with E-state index in [9.17, 15) is 4.79 Å². The van der Waals surface area contributed by atoms with Crippen molar-refractivity contribution in [2.45, 2.75) is 39.5 Å². The lowest BCUT2D eigenvalue weighted by Crippen LogP contribution is -2.26. The van der Waals surface area contributed by atoms with Crippen molar-refractivity contribution >= 4 is 5.91 Å². The first-order valence-electron chi connectivity index (χ1n) is 6.55. The summed E-state index contributed by atoms with van der Waals surface area (Å²) in [6.45, 7) is 6.15. The number of nitrogens with one attached hydrogen (secondary N) is 2. The molecule has 6 nitrogen and oxygen atoms in total. The minimum Gasteiger partial charge on any atom is -0.381 e. The van der Waals surface area contributed by atoms with Crippen LogP contribution in [0.2, 0.25) is 0 Å². The average molecular weight is 254 g/mol. The Hall–Kier alpha value is -1.43. The predicted octanol–water partition coefficient (Wildman–Crippen LogP) is 1.30.